The van der Waals surface area contributed by atoms with Crippen LogP contribution in [0.15, 0.2) is 45.7 Å². The molecule has 0 radical (unpaired) electrons. The van der Waals surface area contributed by atoms with Crippen LogP contribution in [0.3, 0.4) is 0 Å². The first-order chi connectivity index (χ1) is 10.1. The summed E-state index contributed by atoms with van der Waals surface area (Å²) >= 11 is 3.33. The van der Waals surface area contributed by atoms with E-state index in [1.54, 1.807) is 48.0 Å². The Morgan fingerprint density at radius 2 is 2.24 bits per heavy atom. The van der Waals surface area contributed by atoms with Crippen LogP contribution in [0.25, 0.3) is 9.88 Å². The number of hydrogen-bond acceptors (Lipinski definition) is 6. The molecule has 3 aromatic rings. The van der Waals surface area contributed by atoms with Crippen molar-refractivity contribution in [3.05, 3.63) is 52.7 Å². The van der Waals surface area contributed by atoms with Crippen molar-refractivity contribution in [3.63, 3.8) is 0 Å². The molecule has 110 valence electrons. The lowest BCUT2D eigenvalue weighted by molar-refractivity contribution is 0.0340. The monoisotopic (exact) mass is 320 g/mol. The number of nitrogens with zero attached hydrogens (tertiary/aromatic N) is 1. The molecule has 21 heavy (non-hydrogen) atoms. The molecule has 0 aliphatic rings. The zero-order valence-corrected chi connectivity index (χ0v) is 13.2. The number of thiazole rings is 1. The summed E-state index contributed by atoms with van der Waals surface area (Å²) in [4.78, 5) is 5.79. The summed E-state index contributed by atoms with van der Waals surface area (Å²) in [6.07, 6.45) is 1.57. The molecule has 3 heterocycles. The van der Waals surface area contributed by atoms with Gasteiger partial charge in [0.05, 0.1) is 16.8 Å². The third-order valence-electron chi connectivity index (χ3n) is 3.11. The average molecular weight is 320 g/mol. The third kappa shape index (κ3) is 3.41. The fraction of sp³-hybridized carbons (Fsp3) is 0.267. The first-order valence-electron chi connectivity index (χ1n) is 6.60. The normalized spacial score (nSPS) is 14.2. The van der Waals surface area contributed by atoms with Crippen LogP contribution in [0.1, 0.15) is 18.4 Å². The van der Waals surface area contributed by atoms with Gasteiger partial charge in [0.2, 0.25) is 0 Å². The second-order valence-electron chi connectivity index (χ2n) is 4.98. The van der Waals surface area contributed by atoms with Gasteiger partial charge in [0.1, 0.15) is 16.4 Å². The molecule has 1 unspecified atom stereocenters. The predicted octanol–water partition coefficient (Wildman–Crippen LogP) is 3.46. The third-order valence-corrected chi connectivity index (χ3v) is 5.04. The first-order valence-corrected chi connectivity index (χ1v) is 8.36. The van der Waals surface area contributed by atoms with Gasteiger partial charge < -0.3 is 14.8 Å². The summed E-state index contributed by atoms with van der Waals surface area (Å²) in [5.41, 5.74) is -0.0329. The molecule has 0 saturated carbocycles. The van der Waals surface area contributed by atoms with Crippen molar-refractivity contribution in [2.24, 2.45) is 0 Å². The van der Waals surface area contributed by atoms with Gasteiger partial charge in [0.25, 0.3) is 0 Å². The van der Waals surface area contributed by atoms with E-state index in [1.807, 2.05) is 11.4 Å². The van der Waals surface area contributed by atoms with E-state index in [0.717, 1.165) is 10.7 Å². The van der Waals surface area contributed by atoms with Crippen LogP contribution in [-0.4, -0.2) is 16.6 Å². The lowest BCUT2D eigenvalue weighted by Gasteiger charge is -2.20. The highest BCUT2D eigenvalue weighted by molar-refractivity contribution is 7.20. The maximum absolute atomic E-state index is 10.3. The van der Waals surface area contributed by atoms with Gasteiger partial charge in [0.15, 0.2) is 0 Å². The highest BCUT2D eigenvalue weighted by atomic mass is 32.1. The van der Waals surface area contributed by atoms with E-state index in [2.05, 4.69) is 21.7 Å². The Labute approximate surface area is 131 Å². The van der Waals surface area contributed by atoms with Gasteiger partial charge in [0, 0.05) is 18.5 Å². The van der Waals surface area contributed by atoms with Gasteiger partial charge in [-0.1, -0.05) is 6.07 Å². The van der Waals surface area contributed by atoms with E-state index in [0.29, 0.717) is 18.8 Å². The second kappa shape index (κ2) is 6.11. The molecule has 3 rings (SSSR count). The number of nitrogens with one attached hydrogen (secondary N) is 1. The van der Waals surface area contributed by atoms with Crippen LogP contribution in [-0.2, 0) is 12.1 Å². The molecule has 0 aliphatic heterocycles. The minimum atomic E-state index is -1.02. The number of aromatic nitrogens is 1. The topological polar surface area (TPSA) is 58.3 Å². The van der Waals surface area contributed by atoms with Crippen LogP contribution in [0, 0.1) is 0 Å². The van der Waals surface area contributed by atoms with E-state index < -0.39 is 5.60 Å². The SMILES string of the molecule is CC(O)(CNCc1csc(-c2cccs2)n1)c1ccco1. The van der Waals surface area contributed by atoms with Gasteiger partial charge in [-0.25, -0.2) is 4.98 Å². The molecule has 1 atom stereocenters. The molecule has 0 saturated heterocycles. The Hall–Kier alpha value is -1.47. The van der Waals surface area contributed by atoms with Gasteiger partial charge in [-0.2, -0.15) is 0 Å². The molecular weight excluding hydrogens is 304 g/mol. The van der Waals surface area contributed by atoms with Crippen molar-refractivity contribution in [2.45, 2.75) is 19.1 Å². The Morgan fingerprint density at radius 1 is 1.33 bits per heavy atom. The fourth-order valence-corrected chi connectivity index (χ4v) is 3.64. The van der Waals surface area contributed by atoms with Crippen LogP contribution in [0.5, 0.6) is 0 Å². The molecule has 2 N–H and O–H groups in total. The fourth-order valence-electron chi connectivity index (χ4n) is 2.01. The van der Waals surface area contributed by atoms with E-state index >= 15 is 0 Å². The maximum atomic E-state index is 10.3. The van der Waals surface area contributed by atoms with E-state index in [1.165, 1.54) is 4.88 Å². The Kier molecular flexibility index (Phi) is 4.21. The number of rotatable bonds is 6. The summed E-state index contributed by atoms with van der Waals surface area (Å²) in [6, 6.07) is 7.65. The maximum Gasteiger partial charge on any atom is 0.136 e. The summed E-state index contributed by atoms with van der Waals surface area (Å²) in [6.45, 7) is 2.77. The summed E-state index contributed by atoms with van der Waals surface area (Å²) < 4.78 is 5.25. The predicted molar refractivity (Wildman–Crippen MR) is 85.4 cm³/mol. The van der Waals surface area contributed by atoms with Gasteiger partial charge in [-0.3, -0.25) is 0 Å². The Balaban J connectivity index is 1.56. The molecule has 0 aromatic carbocycles. The summed E-state index contributed by atoms with van der Waals surface area (Å²) in [5.74, 6) is 0.563. The minimum absolute atomic E-state index is 0.409. The summed E-state index contributed by atoms with van der Waals surface area (Å²) in [5, 5.41) is 18.7. The lowest BCUT2D eigenvalue weighted by atomic mass is 10.0. The van der Waals surface area contributed by atoms with Crippen LogP contribution in [0.4, 0.5) is 0 Å². The Bertz CT molecular complexity index is 672. The molecule has 3 aromatic heterocycles. The smallest absolute Gasteiger partial charge is 0.136 e. The highest BCUT2D eigenvalue weighted by Crippen LogP contribution is 2.27. The lowest BCUT2D eigenvalue weighted by Crippen LogP contribution is -2.34. The molecule has 0 amide bonds. The zero-order valence-electron chi connectivity index (χ0n) is 11.6. The largest absolute Gasteiger partial charge is 0.466 e. The van der Waals surface area contributed by atoms with Gasteiger partial charge in [-0.15, -0.1) is 22.7 Å². The van der Waals surface area contributed by atoms with Crippen molar-refractivity contribution in [3.8, 4) is 9.88 Å². The molecule has 0 fully saturated rings. The number of aliphatic hydroxyl groups is 1. The average Bonchev–Trinajstić information content (AvgIpc) is 3.20. The van der Waals surface area contributed by atoms with Crippen molar-refractivity contribution < 1.29 is 9.52 Å². The van der Waals surface area contributed by atoms with Gasteiger partial charge >= 0.3 is 0 Å². The van der Waals surface area contributed by atoms with Crippen molar-refractivity contribution in [2.75, 3.05) is 6.54 Å². The quantitative estimate of drug-likeness (QED) is 0.730. The standard InChI is InChI=1S/C15H16N2O2S2/c1-15(18,13-5-2-6-19-13)10-16-8-11-9-21-14(17-11)12-4-3-7-20-12/h2-7,9,16,18H,8,10H2,1H3. The van der Waals surface area contributed by atoms with E-state index in [4.69, 9.17) is 4.42 Å². The van der Waals surface area contributed by atoms with Crippen LogP contribution < -0.4 is 5.32 Å². The summed E-state index contributed by atoms with van der Waals surface area (Å²) in [7, 11) is 0. The molecule has 0 bridgehead atoms. The van der Waals surface area contributed by atoms with Crippen LogP contribution >= 0.6 is 22.7 Å². The van der Waals surface area contributed by atoms with Crippen molar-refractivity contribution in [1.82, 2.24) is 10.3 Å². The molecule has 0 aliphatic carbocycles. The van der Waals surface area contributed by atoms with Crippen molar-refractivity contribution in [1.29, 1.82) is 0 Å². The molecule has 0 spiro atoms. The van der Waals surface area contributed by atoms with E-state index in [9.17, 15) is 5.11 Å². The number of furan rings is 1. The number of hydrogen-bond donors (Lipinski definition) is 2. The van der Waals surface area contributed by atoms with Crippen molar-refractivity contribution >= 4 is 22.7 Å². The highest BCUT2D eigenvalue weighted by Gasteiger charge is 2.25. The molecular formula is C15H16N2O2S2. The second-order valence-corrected chi connectivity index (χ2v) is 6.78. The molecule has 4 nitrogen and oxygen atoms in total. The molecule has 6 heteroatoms. The van der Waals surface area contributed by atoms with E-state index in [-0.39, 0.29) is 0 Å². The Morgan fingerprint density at radius 3 is 2.95 bits per heavy atom. The number of thiophene rings is 1. The van der Waals surface area contributed by atoms with Crippen LogP contribution in [0.2, 0.25) is 0 Å². The zero-order chi connectivity index (χ0) is 14.7. The van der Waals surface area contributed by atoms with Gasteiger partial charge in [-0.05, 0) is 30.5 Å². The minimum Gasteiger partial charge on any atom is -0.466 e. The first kappa shape index (κ1) is 14.5.